The fraction of sp³-hybridized carbons (Fsp3) is 0.261. The minimum Gasteiger partial charge on any atom is -0.347 e. The first-order valence-electron chi connectivity index (χ1n) is 10.8. The van der Waals surface area contributed by atoms with Gasteiger partial charge in [-0.05, 0) is 55.3 Å². The van der Waals surface area contributed by atoms with Crippen LogP contribution in [0, 0.1) is 0 Å². The van der Waals surface area contributed by atoms with Crippen LogP contribution in [0.3, 0.4) is 0 Å². The lowest BCUT2D eigenvalue weighted by Crippen LogP contribution is -2.39. The van der Waals surface area contributed by atoms with Crippen molar-refractivity contribution in [2.45, 2.75) is 30.3 Å². The summed E-state index contributed by atoms with van der Waals surface area (Å²) in [5, 5.41) is 13.5. The van der Waals surface area contributed by atoms with Gasteiger partial charge in [0.15, 0.2) is 0 Å². The molecule has 11 heteroatoms. The summed E-state index contributed by atoms with van der Waals surface area (Å²) >= 11 is 7.17. The van der Waals surface area contributed by atoms with Crippen molar-refractivity contribution in [3.63, 3.8) is 0 Å². The fourth-order valence-corrected chi connectivity index (χ4v) is 6.89. The van der Waals surface area contributed by atoms with Crippen LogP contribution in [0.1, 0.15) is 34.1 Å². The number of piperidine rings is 1. The number of nitrogens with zero attached hydrogens (tertiary/aromatic N) is 4. The van der Waals surface area contributed by atoms with Gasteiger partial charge in [0.2, 0.25) is 10.0 Å². The molecule has 0 radical (unpaired) electrons. The number of hydrogen-bond acceptors (Lipinski definition) is 6. The highest BCUT2D eigenvalue weighted by molar-refractivity contribution is 7.89. The standard InChI is InChI=1S/C23H22ClN5O3S2/c24-17-7-5-16(6-8-17)23(30)25-14-19-13-20(15-33-19)34(31,32)28-11-9-18(10-12-28)29-22-4-2-1-3-21(22)26-27-29/h1-8,13,15,18H,9-12,14H2,(H,25,30). The largest absolute Gasteiger partial charge is 0.347 e. The Labute approximate surface area is 206 Å². The average molecular weight is 516 g/mol. The SMILES string of the molecule is O=C(NCc1cc(S(=O)(=O)N2CCC(n3nnc4ccccc43)CC2)cs1)c1ccc(Cl)cc1. The molecule has 0 bridgehead atoms. The van der Waals surface area contributed by atoms with Crippen molar-refractivity contribution in [3.05, 3.63) is 75.4 Å². The number of carbonyl (C=O) groups is 1. The summed E-state index contributed by atoms with van der Waals surface area (Å²) in [7, 11) is -3.60. The second-order valence-corrected chi connectivity index (χ2v) is 11.5. The van der Waals surface area contributed by atoms with Crippen molar-refractivity contribution in [2.24, 2.45) is 0 Å². The van der Waals surface area contributed by atoms with Crippen molar-refractivity contribution < 1.29 is 13.2 Å². The molecule has 34 heavy (non-hydrogen) atoms. The van der Waals surface area contributed by atoms with E-state index in [1.807, 2.05) is 28.9 Å². The van der Waals surface area contributed by atoms with Gasteiger partial charge in [-0.2, -0.15) is 4.31 Å². The number of para-hydroxylation sites is 1. The average Bonchev–Trinajstić information content (AvgIpc) is 3.51. The zero-order valence-corrected chi connectivity index (χ0v) is 20.5. The van der Waals surface area contributed by atoms with Crippen LogP contribution in [0.5, 0.6) is 0 Å². The van der Waals surface area contributed by atoms with Crippen LogP contribution >= 0.6 is 22.9 Å². The number of thiophene rings is 1. The smallest absolute Gasteiger partial charge is 0.251 e. The molecule has 1 fully saturated rings. The van der Waals surface area contributed by atoms with Crippen molar-refractivity contribution in [1.29, 1.82) is 0 Å². The van der Waals surface area contributed by atoms with E-state index < -0.39 is 10.0 Å². The number of hydrogen-bond donors (Lipinski definition) is 1. The maximum absolute atomic E-state index is 13.2. The van der Waals surface area contributed by atoms with Crippen molar-refractivity contribution in [3.8, 4) is 0 Å². The number of sulfonamides is 1. The van der Waals surface area contributed by atoms with Gasteiger partial charge in [0, 0.05) is 33.9 Å². The molecule has 3 heterocycles. The maximum atomic E-state index is 13.2. The molecule has 1 N–H and O–H groups in total. The third kappa shape index (κ3) is 4.58. The molecule has 1 aliphatic rings. The molecule has 0 spiro atoms. The Morgan fingerprint density at radius 3 is 2.62 bits per heavy atom. The van der Waals surface area contributed by atoms with Crippen LogP contribution < -0.4 is 5.32 Å². The molecule has 2 aromatic heterocycles. The summed E-state index contributed by atoms with van der Waals surface area (Å²) in [6, 6.07) is 16.1. The van der Waals surface area contributed by atoms with E-state index in [4.69, 9.17) is 11.6 Å². The molecule has 1 saturated heterocycles. The van der Waals surface area contributed by atoms with E-state index in [0.29, 0.717) is 36.5 Å². The number of rotatable bonds is 6. The Morgan fingerprint density at radius 2 is 1.85 bits per heavy atom. The molecule has 176 valence electrons. The molecule has 4 aromatic rings. The fourth-order valence-electron chi connectivity index (χ4n) is 4.09. The van der Waals surface area contributed by atoms with E-state index in [1.165, 1.54) is 15.6 Å². The van der Waals surface area contributed by atoms with Crippen LogP contribution in [0.2, 0.25) is 5.02 Å². The number of aromatic nitrogens is 3. The number of fused-ring (bicyclic) bond motifs is 1. The number of benzene rings is 2. The predicted molar refractivity (Wildman–Crippen MR) is 131 cm³/mol. The first-order chi connectivity index (χ1) is 16.4. The van der Waals surface area contributed by atoms with Crippen molar-refractivity contribution in [1.82, 2.24) is 24.6 Å². The highest BCUT2D eigenvalue weighted by Gasteiger charge is 2.31. The van der Waals surface area contributed by atoms with Crippen LogP contribution in [0.4, 0.5) is 0 Å². The molecule has 0 saturated carbocycles. The Morgan fingerprint density at radius 1 is 1.12 bits per heavy atom. The van der Waals surface area contributed by atoms with E-state index in [-0.39, 0.29) is 23.4 Å². The summed E-state index contributed by atoms with van der Waals surface area (Å²) in [4.78, 5) is 13.3. The van der Waals surface area contributed by atoms with Gasteiger partial charge >= 0.3 is 0 Å². The van der Waals surface area contributed by atoms with Crippen molar-refractivity contribution >= 4 is 49.9 Å². The van der Waals surface area contributed by atoms with E-state index in [9.17, 15) is 13.2 Å². The van der Waals surface area contributed by atoms with Gasteiger partial charge < -0.3 is 5.32 Å². The zero-order chi connectivity index (χ0) is 23.7. The summed E-state index contributed by atoms with van der Waals surface area (Å²) in [6.07, 6.45) is 1.33. The molecule has 0 atom stereocenters. The normalized spacial score (nSPS) is 15.6. The van der Waals surface area contributed by atoms with E-state index in [2.05, 4.69) is 15.6 Å². The van der Waals surface area contributed by atoms with Crippen molar-refractivity contribution in [2.75, 3.05) is 13.1 Å². The monoisotopic (exact) mass is 515 g/mol. The molecule has 2 aromatic carbocycles. The zero-order valence-electron chi connectivity index (χ0n) is 18.1. The first kappa shape index (κ1) is 23.0. The quantitative estimate of drug-likeness (QED) is 0.417. The van der Waals surface area contributed by atoms with Crippen LogP contribution in [-0.4, -0.2) is 46.7 Å². The van der Waals surface area contributed by atoms with E-state index in [0.717, 1.165) is 15.9 Å². The van der Waals surface area contributed by atoms with Gasteiger partial charge in [-0.25, -0.2) is 13.1 Å². The number of nitrogens with one attached hydrogen (secondary N) is 1. The lowest BCUT2D eigenvalue weighted by atomic mass is 10.1. The maximum Gasteiger partial charge on any atom is 0.251 e. The molecular weight excluding hydrogens is 494 g/mol. The second kappa shape index (κ2) is 9.46. The summed E-state index contributed by atoms with van der Waals surface area (Å²) in [5.74, 6) is -0.239. The highest BCUT2D eigenvalue weighted by atomic mass is 35.5. The number of halogens is 1. The summed E-state index contributed by atoms with van der Waals surface area (Å²) in [6.45, 7) is 1.09. The third-order valence-electron chi connectivity index (χ3n) is 5.94. The predicted octanol–water partition coefficient (Wildman–Crippen LogP) is 4.10. The van der Waals surface area contributed by atoms with Crippen LogP contribution in [0.25, 0.3) is 11.0 Å². The molecule has 8 nitrogen and oxygen atoms in total. The minimum absolute atomic E-state index is 0.111. The third-order valence-corrected chi connectivity index (χ3v) is 9.16. The molecule has 1 amide bonds. The second-order valence-electron chi connectivity index (χ2n) is 8.10. The van der Waals surface area contributed by atoms with Gasteiger partial charge in [-0.3, -0.25) is 4.79 Å². The lowest BCUT2D eigenvalue weighted by molar-refractivity contribution is 0.0951. The minimum atomic E-state index is -3.60. The molecule has 1 aliphatic heterocycles. The Hall–Kier alpha value is -2.79. The molecule has 0 aliphatic carbocycles. The Kier molecular flexibility index (Phi) is 6.39. The van der Waals surface area contributed by atoms with Gasteiger partial charge in [-0.1, -0.05) is 28.9 Å². The topological polar surface area (TPSA) is 97.2 Å². The highest BCUT2D eigenvalue weighted by Crippen LogP contribution is 2.30. The van der Waals surface area contributed by atoms with Crippen LogP contribution in [0.15, 0.2) is 64.9 Å². The van der Waals surface area contributed by atoms with E-state index in [1.54, 1.807) is 35.7 Å². The molecule has 5 rings (SSSR count). The Bertz CT molecular complexity index is 1420. The first-order valence-corrected chi connectivity index (χ1v) is 13.5. The van der Waals surface area contributed by atoms with Gasteiger partial charge in [0.25, 0.3) is 5.91 Å². The number of amides is 1. The Balaban J connectivity index is 1.21. The number of carbonyl (C=O) groups excluding carboxylic acids is 1. The lowest BCUT2D eigenvalue weighted by Gasteiger charge is -2.31. The van der Waals surface area contributed by atoms with Crippen LogP contribution in [-0.2, 0) is 16.6 Å². The van der Waals surface area contributed by atoms with Gasteiger partial charge in [0.05, 0.1) is 23.0 Å². The van der Waals surface area contributed by atoms with Gasteiger partial charge in [-0.15, -0.1) is 16.4 Å². The molecule has 0 unspecified atom stereocenters. The summed E-state index contributed by atoms with van der Waals surface area (Å²) in [5.41, 5.74) is 2.30. The molecular formula is C23H22ClN5O3S2. The van der Waals surface area contributed by atoms with Gasteiger partial charge in [0.1, 0.15) is 5.52 Å². The van der Waals surface area contributed by atoms with E-state index >= 15 is 0 Å². The summed E-state index contributed by atoms with van der Waals surface area (Å²) < 4.78 is 29.8.